The molecule has 0 unspecified atom stereocenters. The summed E-state index contributed by atoms with van der Waals surface area (Å²) in [6.45, 7) is 0. The first-order chi connectivity index (χ1) is 10.1. The molecular formula is C15H20F2N2O2. The summed E-state index contributed by atoms with van der Waals surface area (Å²) in [5, 5.41) is 13.9. The third kappa shape index (κ3) is 4.37. The standard InChI is InChI=1S/C15H20F2N2O2/c16-15(17)13-10-12(19(20)21)8-9-14(13)18-11-6-4-2-1-3-5-7-11/h8-11,15,18H,1-7H2. The summed E-state index contributed by atoms with van der Waals surface area (Å²) in [4.78, 5) is 10.1. The lowest BCUT2D eigenvalue weighted by Crippen LogP contribution is -2.21. The van der Waals surface area contributed by atoms with Crippen molar-refractivity contribution < 1.29 is 13.7 Å². The highest BCUT2D eigenvalue weighted by atomic mass is 19.3. The maximum Gasteiger partial charge on any atom is 0.270 e. The van der Waals surface area contributed by atoms with Crippen molar-refractivity contribution in [1.82, 2.24) is 0 Å². The molecule has 1 N–H and O–H groups in total. The molecule has 1 aromatic carbocycles. The minimum absolute atomic E-state index is 0.171. The van der Waals surface area contributed by atoms with Gasteiger partial charge in [0.05, 0.1) is 4.92 Å². The third-order valence-electron chi connectivity index (χ3n) is 3.95. The molecule has 0 atom stereocenters. The Hall–Kier alpha value is -1.72. The Labute approximate surface area is 122 Å². The van der Waals surface area contributed by atoms with Crippen molar-refractivity contribution in [2.24, 2.45) is 0 Å². The van der Waals surface area contributed by atoms with Crippen molar-refractivity contribution >= 4 is 11.4 Å². The third-order valence-corrected chi connectivity index (χ3v) is 3.95. The van der Waals surface area contributed by atoms with E-state index in [-0.39, 0.29) is 17.3 Å². The van der Waals surface area contributed by atoms with E-state index < -0.39 is 11.3 Å². The van der Waals surface area contributed by atoms with E-state index in [0.717, 1.165) is 31.7 Å². The molecule has 2 rings (SSSR count). The normalized spacial score (nSPS) is 17.3. The molecule has 0 heterocycles. The van der Waals surface area contributed by atoms with Crippen molar-refractivity contribution in [1.29, 1.82) is 0 Å². The molecule has 21 heavy (non-hydrogen) atoms. The van der Waals surface area contributed by atoms with Gasteiger partial charge in [-0.2, -0.15) is 0 Å². The van der Waals surface area contributed by atoms with Crippen LogP contribution in [0.3, 0.4) is 0 Å². The fourth-order valence-corrected chi connectivity index (χ4v) is 2.80. The average Bonchev–Trinajstić information content (AvgIpc) is 2.41. The van der Waals surface area contributed by atoms with Gasteiger partial charge >= 0.3 is 0 Å². The minimum Gasteiger partial charge on any atom is -0.382 e. The molecule has 1 aliphatic rings. The first-order valence-corrected chi connectivity index (χ1v) is 7.41. The van der Waals surface area contributed by atoms with Crippen LogP contribution in [0.1, 0.15) is 56.9 Å². The lowest BCUT2D eigenvalue weighted by molar-refractivity contribution is -0.385. The summed E-state index contributed by atoms with van der Waals surface area (Å²) in [6, 6.07) is 3.81. The molecule has 1 aromatic rings. The van der Waals surface area contributed by atoms with Gasteiger partial charge < -0.3 is 5.32 Å². The van der Waals surface area contributed by atoms with Gasteiger partial charge in [-0.1, -0.05) is 32.1 Å². The number of halogens is 2. The van der Waals surface area contributed by atoms with Gasteiger partial charge in [0, 0.05) is 29.4 Å². The zero-order valence-corrected chi connectivity index (χ0v) is 11.9. The largest absolute Gasteiger partial charge is 0.382 e. The van der Waals surface area contributed by atoms with Gasteiger partial charge in [-0.05, 0) is 18.9 Å². The highest BCUT2D eigenvalue weighted by molar-refractivity contribution is 5.57. The number of nitro benzene ring substituents is 1. The zero-order chi connectivity index (χ0) is 15.2. The Morgan fingerprint density at radius 3 is 2.33 bits per heavy atom. The van der Waals surface area contributed by atoms with E-state index in [1.165, 1.54) is 31.4 Å². The number of anilines is 1. The quantitative estimate of drug-likeness (QED) is 0.624. The van der Waals surface area contributed by atoms with Gasteiger partial charge in [0.2, 0.25) is 0 Å². The molecule has 1 saturated carbocycles. The van der Waals surface area contributed by atoms with Crippen LogP contribution in [0.25, 0.3) is 0 Å². The Bertz CT molecular complexity index is 487. The molecule has 0 radical (unpaired) electrons. The molecule has 0 aromatic heterocycles. The van der Waals surface area contributed by atoms with E-state index in [1.807, 2.05) is 0 Å². The number of alkyl halides is 2. The van der Waals surface area contributed by atoms with Crippen LogP contribution in [0.4, 0.5) is 20.2 Å². The van der Waals surface area contributed by atoms with Gasteiger partial charge in [-0.15, -0.1) is 0 Å². The SMILES string of the molecule is O=[N+]([O-])c1ccc(NC2CCCCCCC2)c(C(F)F)c1. The van der Waals surface area contributed by atoms with E-state index in [1.54, 1.807) is 0 Å². The lowest BCUT2D eigenvalue weighted by Gasteiger charge is -2.23. The maximum absolute atomic E-state index is 13.1. The Balaban J connectivity index is 2.15. The van der Waals surface area contributed by atoms with Crippen molar-refractivity contribution in [3.63, 3.8) is 0 Å². The van der Waals surface area contributed by atoms with E-state index in [2.05, 4.69) is 5.32 Å². The van der Waals surface area contributed by atoms with Crippen molar-refractivity contribution in [3.05, 3.63) is 33.9 Å². The van der Waals surface area contributed by atoms with Gasteiger partial charge in [0.25, 0.3) is 12.1 Å². The zero-order valence-electron chi connectivity index (χ0n) is 11.9. The van der Waals surface area contributed by atoms with Crippen molar-refractivity contribution in [3.8, 4) is 0 Å². The van der Waals surface area contributed by atoms with Crippen LogP contribution < -0.4 is 5.32 Å². The van der Waals surface area contributed by atoms with Crippen LogP contribution in [0, 0.1) is 10.1 Å². The molecule has 0 spiro atoms. The second-order valence-electron chi connectivity index (χ2n) is 5.52. The summed E-state index contributed by atoms with van der Waals surface area (Å²) in [5.41, 5.74) is -0.263. The van der Waals surface area contributed by atoms with Crippen LogP contribution in [0.2, 0.25) is 0 Å². The number of hydrogen-bond donors (Lipinski definition) is 1. The number of rotatable bonds is 4. The van der Waals surface area contributed by atoms with Gasteiger partial charge in [0.1, 0.15) is 0 Å². The Morgan fingerprint density at radius 2 is 1.76 bits per heavy atom. The number of nitrogens with zero attached hydrogens (tertiary/aromatic N) is 1. The number of nitro groups is 1. The molecule has 0 amide bonds. The predicted molar refractivity (Wildman–Crippen MR) is 77.8 cm³/mol. The number of benzene rings is 1. The van der Waals surface area contributed by atoms with Gasteiger partial charge in [0.15, 0.2) is 0 Å². The van der Waals surface area contributed by atoms with Crippen LogP contribution in [-0.4, -0.2) is 11.0 Å². The smallest absolute Gasteiger partial charge is 0.270 e. The summed E-state index contributed by atoms with van der Waals surface area (Å²) in [5.74, 6) is 0. The second-order valence-corrected chi connectivity index (χ2v) is 5.52. The summed E-state index contributed by atoms with van der Waals surface area (Å²) < 4.78 is 26.2. The van der Waals surface area contributed by atoms with Crippen LogP contribution >= 0.6 is 0 Å². The summed E-state index contributed by atoms with van der Waals surface area (Å²) in [6.07, 6.45) is 4.98. The van der Waals surface area contributed by atoms with Gasteiger partial charge in [-0.25, -0.2) is 8.78 Å². The Kier molecular flexibility index (Phi) is 5.47. The molecule has 0 saturated heterocycles. The summed E-state index contributed by atoms with van der Waals surface area (Å²) in [7, 11) is 0. The highest BCUT2D eigenvalue weighted by Crippen LogP contribution is 2.32. The monoisotopic (exact) mass is 298 g/mol. The van der Waals surface area contributed by atoms with E-state index in [4.69, 9.17) is 0 Å². The fourth-order valence-electron chi connectivity index (χ4n) is 2.80. The van der Waals surface area contributed by atoms with Crippen LogP contribution in [-0.2, 0) is 0 Å². The number of hydrogen-bond acceptors (Lipinski definition) is 3. The molecule has 1 aliphatic carbocycles. The number of non-ortho nitro benzene ring substituents is 1. The van der Waals surface area contributed by atoms with Crippen molar-refractivity contribution in [2.75, 3.05) is 5.32 Å². The second kappa shape index (κ2) is 7.33. The molecule has 4 nitrogen and oxygen atoms in total. The molecule has 0 aliphatic heterocycles. The van der Waals surface area contributed by atoms with Crippen molar-refractivity contribution in [2.45, 2.75) is 57.4 Å². The summed E-state index contributed by atoms with van der Waals surface area (Å²) >= 11 is 0. The number of nitrogens with one attached hydrogen (secondary N) is 1. The molecular weight excluding hydrogens is 278 g/mol. The molecule has 1 fully saturated rings. The molecule has 0 bridgehead atoms. The predicted octanol–water partition coefficient (Wildman–Crippen LogP) is 5.06. The molecule has 116 valence electrons. The van der Waals surface area contributed by atoms with E-state index in [9.17, 15) is 18.9 Å². The molecule has 6 heteroatoms. The van der Waals surface area contributed by atoms with Gasteiger partial charge in [-0.3, -0.25) is 10.1 Å². The Morgan fingerprint density at radius 1 is 1.14 bits per heavy atom. The van der Waals surface area contributed by atoms with E-state index in [0.29, 0.717) is 5.69 Å². The van der Waals surface area contributed by atoms with Crippen LogP contribution in [0.15, 0.2) is 18.2 Å². The first-order valence-electron chi connectivity index (χ1n) is 7.41. The maximum atomic E-state index is 13.1. The average molecular weight is 298 g/mol. The lowest BCUT2D eigenvalue weighted by atomic mass is 9.96. The fraction of sp³-hybridized carbons (Fsp3) is 0.600. The van der Waals surface area contributed by atoms with Crippen LogP contribution in [0.5, 0.6) is 0 Å². The minimum atomic E-state index is -2.72. The topological polar surface area (TPSA) is 55.2 Å². The first kappa shape index (κ1) is 15.7. The van der Waals surface area contributed by atoms with E-state index >= 15 is 0 Å². The highest BCUT2D eigenvalue weighted by Gasteiger charge is 2.20.